The van der Waals surface area contributed by atoms with Crippen molar-refractivity contribution in [3.8, 4) is 0 Å². The van der Waals surface area contributed by atoms with Gasteiger partial charge in [-0.25, -0.2) is 4.79 Å². The van der Waals surface area contributed by atoms with E-state index >= 15 is 0 Å². The minimum atomic E-state index is -1.36. The number of carboxylic acids is 1. The molecule has 1 aromatic carbocycles. The van der Waals surface area contributed by atoms with Crippen LogP contribution in [-0.4, -0.2) is 21.8 Å². The first-order chi connectivity index (χ1) is 10.7. The van der Waals surface area contributed by atoms with Crippen molar-refractivity contribution in [3.05, 3.63) is 62.7 Å². The number of carbonyl (C=O) groups is 2. The topological polar surface area (TPSA) is 133 Å². The van der Waals surface area contributed by atoms with E-state index in [1.807, 2.05) is 0 Å². The van der Waals surface area contributed by atoms with Crippen LogP contribution in [0, 0.1) is 10.1 Å². The fraction of sp³-hybridized carbons (Fsp3) is 0.200. The molecule has 1 unspecified atom stereocenters. The normalized spacial score (nSPS) is 17.7. The second kappa shape index (κ2) is 5.91. The van der Waals surface area contributed by atoms with Crippen molar-refractivity contribution in [1.29, 1.82) is 0 Å². The van der Waals surface area contributed by atoms with Gasteiger partial charge in [-0.1, -0.05) is 12.1 Å². The number of Topliss-reactive ketones (excluding diaryl/α,β-unsaturated/α-hetero) is 1. The van der Waals surface area contributed by atoms with Crippen molar-refractivity contribution in [3.63, 3.8) is 0 Å². The number of nitrogens with zero attached hydrogens (tertiary/aromatic N) is 1. The molecule has 8 heteroatoms. The quantitative estimate of drug-likeness (QED) is 0.639. The molecule has 0 fully saturated rings. The molecule has 1 aliphatic rings. The lowest BCUT2D eigenvalue weighted by atomic mass is 9.81. The molecule has 0 aliphatic carbocycles. The van der Waals surface area contributed by atoms with Crippen LogP contribution in [0.25, 0.3) is 0 Å². The number of aliphatic carboxylic acids is 1. The van der Waals surface area contributed by atoms with Gasteiger partial charge >= 0.3 is 5.97 Å². The fourth-order valence-corrected chi connectivity index (χ4v) is 2.60. The molecule has 1 atom stereocenters. The predicted octanol–water partition coefficient (Wildman–Crippen LogP) is 1.83. The van der Waals surface area contributed by atoms with Crippen LogP contribution in [0.2, 0.25) is 0 Å². The number of allylic oxidation sites excluding steroid dienone is 2. The monoisotopic (exact) mass is 318 g/mol. The zero-order valence-corrected chi connectivity index (χ0v) is 12.4. The van der Waals surface area contributed by atoms with E-state index in [2.05, 4.69) is 0 Å². The molecule has 2 rings (SSSR count). The van der Waals surface area contributed by atoms with Crippen LogP contribution in [-0.2, 0) is 14.3 Å². The number of carboxylic acid groups (broad SMARTS) is 1. The Kier molecular flexibility index (Phi) is 4.17. The first-order valence-corrected chi connectivity index (χ1v) is 6.60. The number of non-ortho nitro benzene ring substituents is 1. The number of carbonyl (C=O) groups excluding carboxylic acids is 1. The molecule has 0 saturated heterocycles. The Morgan fingerprint density at radius 2 is 2.00 bits per heavy atom. The highest BCUT2D eigenvalue weighted by Gasteiger charge is 2.37. The van der Waals surface area contributed by atoms with Gasteiger partial charge in [-0.3, -0.25) is 14.9 Å². The van der Waals surface area contributed by atoms with Crippen LogP contribution in [0.1, 0.15) is 25.3 Å². The molecular formula is C15H14N2O6. The molecule has 0 amide bonds. The number of nitrogens with two attached hydrogens (primary N) is 1. The molecule has 1 heterocycles. The minimum absolute atomic E-state index is 0.108. The summed E-state index contributed by atoms with van der Waals surface area (Å²) in [4.78, 5) is 33.9. The smallest absolute Gasteiger partial charge is 0.337 e. The average Bonchev–Trinajstić information content (AvgIpc) is 2.45. The van der Waals surface area contributed by atoms with Crippen LogP contribution in [0.3, 0.4) is 0 Å². The van der Waals surface area contributed by atoms with E-state index < -0.39 is 22.6 Å². The number of ether oxygens (including phenoxy) is 1. The number of hydrogen-bond donors (Lipinski definition) is 2. The summed E-state index contributed by atoms with van der Waals surface area (Å²) in [6.45, 7) is 2.76. The van der Waals surface area contributed by atoms with E-state index in [0.717, 1.165) is 0 Å². The third-order valence-electron chi connectivity index (χ3n) is 3.51. The molecular weight excluding hydrogens is 304 g/mol. The van der Waals surface area contributed by atoms with E-state index in [9.17, 15) is 24.8 Å². The number of nitro groups is 1. The van der Waals surface area contributed by atoms with Crippen LogP contribution in [0.5, 0.6) is 0 Å². The number of ketones is 1. The Balaban J connectivity index is 2.72. The van der Waals surface area contributed by atoms with Gasteiger partial charge in [0, 0.05) is 17.7 Å². The van der Waals surface area contributed by atoms with E-state index in [4.69, 9.17) is 10.5 Å². The van der Waals surface area contributed by atoms with Gasteiger partial charge in [0.2, 0.25) is 5.88 Å². The van der Waals surface area contributed by atoms with E-state index in [0.29, 0.717) is 0 Å². The molecule has 0 bridgehead atoms. The molecule has 0 spiro atoms. The standard InChI is InChI=1S/C15H14N2O6/c1-7(18)11-8(2)23-14(16)13(15(19)20)12(11)9-4-3-5-10(6-9)17(21)22/h3-6,12H,16H2,1-2H3,(H,19,20). The number of benzene rings is 1. The summed E-state index contributed by atoms with van der Waals surface area (Å²) >= 11 is 0. The zero-order chi connectivity index (χ0) is 17.3. The highest BCUT2D eigenvalue weighted by Crippen LogP contribution is 2.40. The molecule has 0 aromatic heterocycles. The van der Waals surface area contributed by atoms with Crippen LogP contribution >= 0.6 is 0 Å². The van der Waals surface area contributed by atoms with Gasteiger partial charge in [-0.05, 0) is 19.4 Å². The molecule has 1 aliphatic heterocycles. The Morgan fingerprint density at radius 1 is 1.35 bits per heavy atom. The summed E-state index contributed by atoms with van der Waals surface area (Å²) < 4.78 is 5.16. The van der Waals surface area contributed by atoms with Crippen LogP contribution < -0.4 is 5.73 Å². The van der Waals surface area contributed by atoms with Crippen molar-refractivity contribution in [2.24, 2.45) is 5.73 Å². The SMILES string of the molecule is CC(=O)C1=C(C)OC(N)=C(C(=O)O)C1c1cccc([N+](=O)[O-])c1. The number of rotatable bonds is 4. The first kappa shape index (κ1) is 16.2. The van der Waals surface area contributed by atoms with Gasteiger partial charge in [-0.15, -0.1) is 0 Å². The number of hydrogen-bond acceptors (Lipinski definition) is 6. The first-order valence-electron chi connectivity index (χ1n) is 6.60. The van der Waals surface area contributed by atoms with Crippen molar-refractivity contribution in [1.82, 2.24) is 0 Å². The van der Waals surface area contributed by atoms with E-state index in [-0.39, 0.29) is 34.0 Å². The predicted molar refractivity (Wildman–Crippen MR) is 79.2 cm³/mol. The van der Waals surface area contributed by atoms with Crippen molar-refractivity contribution in [2.75, 3.05) is 0 Å². The molecule has 0 saturated carbocycles. The summed E-state index contributed by atoms with van der Waals surface area (Å²) in [5.74, 6) is -2.94. The van der Waals surface area contributed by atoms with Gasteiger partial charge in [0.1, 0.15) is 11.3 Å². The summed E-state index contributed by atoms with van der Waals surface area (Å²) in [6.07, 6.45) is 0. The summed E-state index contributed by atoms with van der Waals surface area (Å²) in [7, 11) is 0. The van der Waals surface area contributed by atoms with Crippen LogP contribution in [0.15, 0.2) is 47.1 Å². The van der Waals surface area contributed by atoms with Gasteiger partial charge in [0.15, 0.2) is 5.78 Å². The van der Waals surface area contributed by atoms with Crippen molar-refractivity contribution >= 4 is 17.4 Å². The van der Waals surface area contributed by atoms with E-state index in [1.54, 1.807) is 0 Å². The van der Waals surface area contributed by atoms with Crippen LogP contribution in [0.4, 0.5) is 5.69 Å². The second-order valence-corrected chi connectivity index (χ2v) is 5.00. The zero-order valence-electron chi connectivity index (χ0n) is 12.4. The van der Waals surface area contributed by atoms with E-state index in [1.165, 1.54) is 38.1 Å². The highest BCUT2D eigenvalue weighted by molar-refractivity contribution is 6.01. The third-order valence-corrected chi connectivity index (χ3v) is 3.51. The largest absolute Gasteiger partial charge is 0.478 e. The Labute approximate surface area is 131 Å². The average molecular weight is 318 g/mol. The fourth-order valence-electron chi connectivity index (χ4n) is 2.60. The molecule has 0 radical (unpaired) electrons. The van der Waals surface area contributed by atoms with Gasteiger partial charge < -0.3 is 15.6 Å². The maximum absolute atomic E-state index is 12.0. The lowest BCUT2D eigenvalue weighted by molar-refractivity contribution is -0.384. The van der Waals surface area contributed by atoms with Crippen molar-refractivity contribution < 1.29 is 24.4 Å². The molecule has 1 aromatic rings. The molecule has 3 N–H and O–H groups in total. The van der Waals surface area contributed by atoms with Gasteiger partial charge in [0.05, 0.1) is 10.8 Å². The minimum Gasteiger partial charge on any atom is -0.478 e. The third kappa shape index (κ3) is 2.91. The Morgan fingerprint density at radius 3 is 2.52 bits per heavy atom. The maximum atomic E-state index is 12.0. The van der Waals surface area contributed by atoms with Gasteiger partial charge in [0.25, 0.3) is 5.69 Å². The lowest BCUT2D eigenvalue weighted by Crippen LogP contribution is -2.27. The lowest BCUT2D eigenvalue weighted by Gasteiger charge is -2.27. The highest BCUT2D eigenvalue weighted by atomic mass is 16.6. The second-order valence-electron chi connectivity index (χ2n) is 5.00. The summed E-state index contributed by atoms with van der Waals surface area (Å²) in [6, 6.07) is 5.43. The molecule has 8 nitrogen and oxygen atoms in total. The number of nitro benzene ring substituents is 1. The molecule has 23 heavy (non-hydrogen) atoms. The Hall–Kier alpha value is -3.16. The van der Waals surface area contributed by atoms with Crippen molar-refractivity contribution in [2.45, 2.75) is 19.8 Å². The Bertz CT molecular complexity index is 742. The van der Waals surface area contributed by atoms with Gasteiger partial charge in [-0.2, -0.15) is 0 Å². The summed E-state index contributed by atoms with van der Waals surface area (Å²) in [5.41, 5.74) is 5.52. The summed E-state index contributed by atoms with van der Waals surface area (Å²) in [5, 5.41) is 20.4. The molecule has 120 valence electrons. The maximum Gasteiger partial charge on any atom is 0.337 e.